The number of amides is 1. The van der Waals surface area contributed by atoms with Crippen molar-refractivity contribution in [2.45, 2.75) is 20.1 Å². The molecular formula is C17H17ClFNO3. The van der Waals surface area contributed by atoms with Crippen LogP contribution in [0.4, 0.5) is 9.18 Å². The summed E-state index contributed by atoms with van der Waals surface area (Å²) in [6.45, 7) is 2.44. The molecule has 0 atom stereocenters. The normalized spacial score (nSPS) is 10.2. The number of hydrogen-bond donors (Lipinski definition) is 1. The van der Waals surface area contributed by atoms with Gasteiger partial charge in [-0.25, -0.2) is 9.18 Å². The molecule has 0 unspecified atom stereocenters. The van der Waals surface area contributed by atoms with E-state index in [2.05, 4.69) is 5.32 Å². The van der Waals surface area contributed by atoms with Crippen LogP contribution in [-0.4, -0.2) is 12.7 Å². The average Bonchev–Trinajstić information content (AvgIpc) is 2.54. The molecule has 23 heavy (non-hydrogen) atoms. The number of halogens is 2. The fourth-order valence-corrected chi connectivity index (χ4v) is 2.19. The molecule has 6 heteroatoms. The Bertz CT molecular complexity index is 658. The Morgan fingerprint density at radius 2 is 2.00 bits per heavy atom. The van der Waals surface area contributed by atoms with E-state index in [9.17, 15) is 9.18 Å². The summed E-state index contributed by atoms with van der Waals surface area (Å²) in [7, 11) is 0. The zero-order valence-corrected chi connectivity index (χ0v) is 13.4. The fourth-order valence-electron chi connectivity index (χ4n) is 1.97. The van der Waals surface area contributed by atoms with Crippen molar-refractivity contribution in [2.75, 3.05) is 6.61 Å². The van der Waals surface area contributed by atoms with E-state index >= 15 is 0 Å². The number of nitrogens with one attached hydrogen (secondary N) is 1. The Kier molecular flexibility index (Phi) is 6.23. The van der Waals surface area contributed by atoms with E-state index < -0.39 is 11.9 Å². The maximum absolute atomic E-state index is 13.6. The van der Waals surface area contributed by atoms with Crippen LogP contribution in [0.5, 0.6) is 5.75 Å². The third kappa shape index (κ3) is 4.86. The van der Waals surface area contributed by atoms with Crippen LogP contribution in [0.1, 0.15) is 18.1 Å². The van der Waals surface area contributed by atoms with Crippen molar-refractivity contribution in [3.05, 3.63) is 64.4 Å². The van der Waals surface area contributed by atoms with Gasteiger partial charge in [0.05, 0.1) is 11.6 Å². The number of hydrogen-bond acceptors (Lipinski definition) is 3. The first kappa shape index (κ1) is 17.1. The Balaban J connectivity index is 1.89. The van der Waals surface area contributed by atoms with Gasteiger partial charge >= 0.3 is 6.09 Å². The van der Waals surface area contributed by atoms with Gasteiger partial charge in [-0.2, -0.15) is 0 Å². The van der Waals surface area contributed by atoms with E-state index in [0.29, 0.717) is 12.4 Å². The minimum absolute atomic E-state index is 0.152. The molecule has 0 aliphatic rings. The van der Waals surface area contributed by atoms with Crippen molar-refractivity contribution in [2.24, 2.45) is 0 Å². The molecule has 2 aromatic rings. The van der Waals surface area contributed by atoms with E-state index in [-0.39, 0.29) is 23.7 Å². The summed E-state index contributed by atoms with van der Waals surface area (Å²) in [6, 6.07) is 11.7. The molecular weight excluding hydrogens is 321 g/mol. The number of alkyl carbamates (subject to hydrolysis) is 1. The first-order valence-corrected chi connectivity index (χ1v) is 7.53. The Hall–Kier alpha value is -2.27. The number of para-hydroxylation sites is 1. The highest BCUT2D eigenvalue weighted by Crippen LogP contribution is 2.20. The first-order valence-electron chi connectivity index (χ1n) is 7.16. The van der Waals surface area contributed by atoms with Gasteiger partial charge in [0.15, 0.2) is 0 Å². The molecule has 0 saturated carbocycles. The molecule has 0 radical (unpaired) electrons. The van der Waals surface area contributed by atoms with Crippen LogP contribution in [0.3, 0.4) is 0 Å². The van der Waals surface area contributed by atoms with Crippen molar-refractivity contribution in [1.29, 1.82) is 0 Å². The third-order valence-corrected chi connectivity index (χ3v) is 3.46. The number of rotatable bonds is 6. The highest BCUT2D eigenvalue weighted by Gasteiger charge is 2.11. The van der Waals surface area contributed by atoms with Crippen LogP contribution in [0.15, 0.2) is 42.5 Å². The predicted octanol–water partition coefficient (Wildman–Crippen LogP) is 4.30. The Labute approximate surface area is 139 Å². The van der Waals surface area contributed by atoms with Crippen LogP contribution in [0.25, 0.3) is 0 Å². The number of ether oxygens (including phenoxy) is 2. The SMILES string of the molecule is CCOc1ccccc1CNC(=O)OCc1c(F)cccc1Cl. The van der Waals surface area contributed by atoms with Crippen LogP contribution >= 0.6 is 11.6 Å². The van der Waals surface area contributed by atoms with E-state index in [1.165, 1.54) is 12.1 Å². The van der Waals surface area contributed by atoms with Gasteiger partial charge in [-0.15, -0.1) is 0 Å². The molecule has 1 N–H and O–H groups in total. The number of carbonyl (C=O) groups excluding carboxylic acids is 1. The van der Waals surface area contributed by atoms with Crippen molar-refractivity contribution >= 4 is 17.7 Å². The Morgan fingerprint density at radius 1 is 1.22 bits per heavy atom. The molecule has 0 heterocycles. The summed E-state index contributed by atoms with van der Waals surface area (Å²) in [5, 5.41) is 2.82. The fraction of sp³-hybridized carbons (Fsp3) is 0.235. The Morgan fingerprint density at radius 3 is 2.74 bits per heavy atom. The second-order valence-corrected chi connectivity index (χ2v) is 5.08. The maximum Gasteiger partial charge on any atom is 0.407 e. The first-order chi connectivity index (χ1) is 11.1. The summed E-state index contributed by atoms with van der Waals surface area (Å²) in [4.78, 5) is 11.7. The van der Waals surface area contributed by atoms with Gasteiger partial charge in [0.1, 0.15) is 18.2 Å². The second kappa shape index (κ2) is 8.39. The number of carbonyl (C=O) groups is 1. The summed E-state index contributed by atoms with van der Waals surface area (Å²) in [5.41, 5.74) is 0.981. The lowest BCUT2D eigenvalue weighted by molar-refractivity contribution is 0.138. The van der Waals surface area contributed by atoms with Crippen LogP contribution in [0, 0.1) is 5.82 Å². The van der Waals surface area contributed by atoms with Crippen molar-refractivity contribution in [3.8, 4) is 5.75 Å². The highest BCUT2D eigenvalue weighted by atomic mass is 35.5. The lowest BCUT2D eigenvalue weighted by Gasteiger charge is -2.11. The highest BCUT2D eigenvalue weighted by molar-refractivity contribution is 6.31. The van der Waals surface area contributed by atoms with Gasteiger partial charge in [0.25, 0.3) is 0 Å². The van der Waals surface area contributed by atoms with Gasteiger partial charge in [-0.1, -0.05) is 35.9 Å². The molecule has 122 valence electrons. The van der Waals surface area contributed by atoms with Crippen LogP contribution < -0.4 is 10.1 Å². The zero-order valence-electron chi connectivity index (χ0n) is 12.6. The van der Waals surface area contributed by atoms with Gasteiger partial charge in [-0.05, 0) is 25.1 Å². The molecule has 0 aromatic heterocycles. The van der Waals surface area contributed by atoms with Gasteiger partial charge in [-0.3, -0.25) is 0 Å². The zero-order chi connectivity index (χ0) is 16.7. The van der Waals surface area contributed by atoms with Crippen molar-refractivity contribution < 1.29 is 18.7 Å². The van der Waals surface area contributed by atoms with E-state index in [4.69, 9.17) is 21.1 Å². The standard InChI is InChI=1S/C17H17ClFNO3/c1-2-22-16-9-4-3-6-12(16)10-20-17(21)23-11-13-14(18)7-5-8-15(13)19/h3-9H,2,10-11H2,1H3,(H,20,21). The lowest BCUT2D eigenvalue weighted by atomic mass is 10.2. The lowest BCUT2D eigenvalue weighted by Crippen LogP contribution is -2.24. The molecule has 1 amide bonds. The van der Waals surface area contributed by atoms with E-state index in [1.807, 2.05) is 31.2 Å². The molecule has 0 aliphatic heterocycles. The topological polar surface area (TPSA) is 47.6 Å². The monoisotopic (exact) mass is 337 g/mol. The quantitative estimate of drug-likeness (QED) is 0.854. The molecule has 0 spiro atoms. The summed E-state index contributed by atoms with van der Waals surface area (Å²) in [5.74, 6) is 0.194. The minimum atomic E-state index is -0.657. The van der Waals surface area contributed by atoms with E-state index in [0.717, 1.165) is 5.56 Å². The molecule has 2 aromatic carbocycles. The molecule has 0 saturated heterocycles. The minimum Gasteiger partial charge on any atom is -0.494 e. The van der Waals surface area contributed by atoms with E-state index in [1.54, 1.807) is 6.07 Å². The van der Waals surface area contributed by atoms with Crippen molar-refractivity contribution in [3.63, 3.8) is 0 Å². The largest absolute Gasteiger partial charge is 0.494 e. The van der Waals surface area contributed by atoms with Gasteiger partial charge in [0, 0.05) is 17.7 Å². The van der Waals surface area contributed by atoms with Crippen LogP contribution in [0.2, 0.25) is 5.02 Å². The van der Waals surface area contributed by atoms with Gasteiger partial charge in [0.2, 0.25) is 0 Å². The van der Waals surface area contributed by atoms with Crippen LogP contribution in [-0.2, 0) is 17.9 Å². The number of benzene rings is 2. The molecule has 0 aliphatic carbocycles. The third-order valence-electron chi connectivity index (χ3n) is 3.10. The average molecular weight is 338 g/mol. The second-order valence-electron chi connectivity index (χ2n) is 4.67. The molecule has 4 nitrogen and oxygen atoms in total. The summed E-state index contributed by atoms with van der Waals surface area (Å²) >= 11 is 5.87. The predicted molar refractivity (Wildman–Crippen MR) is 86.0 cm³/mol. The van der Waals surface area contributed by atoms with Gasteiger partial charge < -0.3 is 14.8 Å². The molecule has 0 fully saturated rings. The molecule has 0 bridgehead atoms. The summed E-state index contributed by atoms with van der Waals surface area (Å²) < 4.78 is 24.0. The molecule has 2 rings (SSSR count). The smallest absolute Gasteiger partial charge is 0.407 e. The maximum atomic E-state index is 13.6. The van der Waals surface area contributed by atoms with Crippen molar-refractivity contribution in [1.82, 2.24) is 5.32 Å². The summed E-state index contributed by atoms with van der Waals surface area (Å²) in [6.07, 6.45) is -0.657.